The van der Waals surface area contributed by atoms with Crippen LogP contribution in [0.15, 0.2) is 0 Å². The fourth-order valence-electron chi connectivity index (χ4n) is 3.24. The molecule has 0 aromatic carbocycles. The summed E-state index contributed by atoms with van der Waals surface area (Å²) >= 11 is 0. The van der Waals surface area contributed by atoms with Gasteiger partial charge in [0, 0.05) is 12.4 Å². The van der Waals surface area contributed by atoms with Crippen molar-refractivity contribution in [2.45, 2.75) is 43.9 Å². The fourth-order valence-corrected chi connectivity index (χ4v) is 4.70. The lowest BCUT2D eigenvalue weighted by atomic mass is 9.96. The number of aliphatic hydroxyl groups excluding tert-OH is 1. The molecule has 0 saturated carbocycles. The van der Waals surface area contributed by atoms with Crippen molar-refractivity contribution < 1.29 is 70.5 Å². The molecule has 0 bridgehead atoms. The molecule has 0 spiro atoms. The zero-order valence-electron chi connectivity index (χ0n) is 23.7. The van der Waals surface area contributed by atoms with E-state index in [1.54, 1.807) is 7.85 Å². The Hall–Kier alpha value is -0.435. The summed E-state index contributed by atoms with van der Waals surface area (Å²) in [5, 5.41) is 9.76. The summed E-state index contributed by atoms with van der Waals surface area (Å²) in [6.07, 6.45) is 6.06. The summed E-state index contributed by atoms with van der Waals surface area (Å²) in [5.74, 6) is 2.48. The van der Waals surface area contributed by atoms with Crippen molar-refractivity contribution in [3.63, 3.8) is 0 Å². The number of hydrogen-bond donors (Lipinski definition) is 3. The van der Waals surface area contributed by atoms with Crippen LogP contribution >= 0.6 is 15.6 Å². The average molecular weight is 634 g/mol. The summed E-state index contributed by atoms with van der Waals surface area (Å²) < 4.78 is 74.8. The van der Waals surface area contributed by atoms with E-state index >= 15 is 0 Å². The van der Waals surface area contributed by atoms with Gasteiger partial charge in [0.1, 0.15) is 14.0 Å². The van der Waals surface area contributed by atoms with Crippen LogP contribution < -0.4 is 0 Å². The Kier molecular flexibility index (Phi) is 22.5. The van der Waals surface area contributed by atoms with Crippen molar-refractivity contribution in [1.29, 1.82) is 0 Å². The topological polar surface area (TPSA) is 187 Å². The second-order valence-electron chi connectivity index (χ2n) is 8.74. The Morgan fingerprint density at radius 3 is 1.54 bits per heavy atom. The standard InChI is InChI=1S/C23H45BO15P2/c1-2-3-4-5-6-35-40(26,27)36-17-15-33-13-11-31-9-7-30-8-10-32-12-14-34-16-18-37-41(28,29)38-20-22-21(25)19-23(24)39-22/h1,21-23,25H,3-20,24H2,(H,26,27)(H,28,29). The van der Waals surface area contributed by atoms with Crippen LogP contribution in [0.2, 0.25) is 0 Å². The first kappa shape index (κ1) is 38.6. The van der Waals surface area contributed by atoms with Gasteiger partial charge in [0.25, 0.3) is 0 Å². The molecule has 1 rings (SSSR count). The minimum atomic E-state index is -4.26. The molecule has 5 unspecified atom stereocenters. The van der Waals surface area contributed by atoms with Gasteiger partial charge in [-0.2, -0.15) is 0 Å². The molecule has 1 heterocycles. The van der Waals surface area contributed by atoms with E-state index in [0.717, 1.165) is 0 Å². The predicted molar refractivity (Wildman–Crippen MR) is 148 cm³/mol. The van der Waals surface area contributed by atoms with Crippen LogP contribution in [0, 0.1) is 12.3 Å². The molecular formula is C23H45BO15P2. The molecule has 18 heteroatoms. The van der Waals surface area contributed by atoms with Crippen molar-refractivity contribution in [3.8, 4) is 12.3 Å². The molecule has 240 valence electrons. The molecule has 1 saturated heterocycles. The fraction of sp³-hybridized carbons (Fsp3) is 0.913. The summed E-state index contributed by atoms with van der Waals surface area (Å²) in [4.78, 5) is 19.2. The lowest BCUT2D eigenvalue weighted by Crippen LogP contribution is -2.26. The first-order valence-corrected chi connectivity index (χ1v) is 16.5. The van der Waals surface area contributed by atoms with Gasteiger partial charge in [0.05, 0.1) is 98.6 Å². The number of ether oxygens (including phenoxy) is 6. The van der Waals surface area contributed by atoms with E-state index in [-0.39, 0.29) is 52.3 Å². The van der Waals surface area contributed by atoms with Crippen molar-refractivity contribution in [3.05, 3.63) is 0 Å². The van der Waals surface area contributed by atoms with Gasteiger partial charge in [-0.15, -0.1) is 12.3 Å². The Labute approximate surface area is 243 Å². The zero-order valence-corrected chi connectivity index (χ0v) is 25.5. The van der Waals surface area contributed by atoms with E-state index in [1.807, 2.05) is 0 Å². The van der Waals surface area contributed by atoms with Crippen molar-refractivity contribution in [2.75, 3.05) is 92.5 Å². The number of phosphoric ester groups is 2. The normalized spacial score (nSPS) is 21.9. The number of terminal acetylenes is 1. The molecule has 0 aromatic rings. The van der Waals surface area contributed by atoms with Crippen LogP contribution in [-0.2, 0) is 55.6 Å². The maximum absolute atomic E-state index is 11.8. The monoisotopic (exact) mass is 634 g/mol. The maximum atomic E-state index is 11.8. The van der Waals surface area contributed by atoms with Crippen LogP contribution in [0.5, 0.6) is 0 Å². The molecular weight excluding hydrogens is 589 g/mol. The van der Waals surface area contributed by atoms with Crippen molar-refractivity contribution in [1.82, 2.24) is 0 Å². The second kappa shape index (κ2) is 24.0. The van der Waals surface area contributed by atoms with Crippen LogP contribution in [0.4, 0.5) is 0 Å². The molecule has 41 heavy (non-hydrogen) atoms. The highest BCUT2D eigenvalue weighted by atomic mass is 31.2. The first-order valence-electron chi connectivity index (χ1n) is 13.5. The van der Waals surface area contributed by atoms with Crippen LogP contribution in [0.1, 0.15) is 25.7 Å². The van der Waals surface area contributed by atoms with Gasteiger partial charge in [-0.3, -0.25) is 18.1 Å². The summed E-state index contributed by atoms with van der Waals surface area (Å²) in [6, 6.07) is -0.135. The summed E-state index contributed by atoms with van der Waals surface area (Å²) in [7, 11) is -6.54. The smallest absolute Gasteiger partial charge is 0.390 e. The molecule has 1 fully saturated rings. The molecule has 15 nitrogen and oxygen atoms in total. The van der Waals surface area contributed by atoms with Gasteiger partial charge in [0.15, 0.2) is 0 Å². The van der Waals surface area contributed by atoms with Crippen LogP contribution in [-0.4, -0.2) is 133 Å². The molecule has 1 aliphatic heterocycles. The molecule has 0 aliphatic carbocycles. The Bertz CT molecular complexity index is 787. The predicted octanol–water partition coefficient (Wildman–Crippen LogP) is 0.249. The third-order valence-corrected chi connectivity index (χ3v) is 7.24. The molecule has 0 amide bonds. The average Bonchev–Trinajstić information content (AvgIpc) is 3.25. The molecule has 0 aromatic heterocycles. The third-order valence-electron chi connectivity index (χ3n) is 5.23. The Morgan fingerprint density at radius 2 is 1.12 bits per heavy atom. The minimum absolute atomic E-state index is 0.0757. The van der Waals surface area contributed by atoms with E-state index in [9.17, 15) is 24.0 Å². The zero-order chi connectivity index (χ0) is 30.2. The lowest BCUT2D eigenvalue weighted by Gasteiger charge is -2.17. The maximum Gasteiger partial charge on any atom is 0.472 e. The first-order chi connectivity index (χ1) is 19.7. The van der Waals surface area contributed by atoms with Gasteiger partial charge >= 0.3 is 15.6 Å². The van der Waals surface area contributed by atoms with Gasteiger partial charge in [0.2, 0.25) is 0 Å². The Balaban J connectivity index is 1.79. The lowest BCUT2D eigenvalue weighted by molar-refractivity contribution is -0.0181. The van der Waals surface area contributed by atoms with Gasteiger partial charge in [-0.1, -0.05) is 0 Å². The minimum Gasteiger partial charge on any atom is -0.390 e. The van der Waals surface area contributed by atoms with E-state index in [4.69, 9.17) is 52.9 Å². The third kappa shape index (κ3) is 22.7. The van der Waals surface area contributed by atoms with Crippen LogP contribution in [0.25, 0.3) is 0 Å². The molecule has 1 aliphatic rings. The number of rotatable bonds is 28. The summed E-state index contributed by atoms with van der Waals surface area (Å²) in [5.41, 5.74) is 0. The Morgan fingerprint density at radius 1 is 0.707 bits per heavy atom. The number of unbranched alkanes of at least 4 members (excludes halogenated alkanes) is 2. The highest BCUT2D eigenvalue weighted by Crippen LogP contribution is 2.44. The molecule has 5 atom stereocenters. The second-order valence-corrected chi connectivity index (χ2v) is 11.7. The van der Waals surface area contributed by atoms with E-state index in [2.05, 4.69) is 5.92 Å². The largest absolute Gasteiger partial charge is 0.472 e. The molecule has 3 N–H and O–H groups in total. The van der Waals surface area contributed by atoms with Crippen molar-refractivity contribution >= 4 is 23.5 Å². The van der Waals surface area contributed by atoms with E-state index in [1.165, 1.54) is 0 Å². The molecule has 0 radical (unpaired) electrons. The van der Waals surface area contributed by atoms with Gasteiger partial charge < -0.3 is 43.3 Å². The van der Waals surface area contributed by atoms with Crippen molar-refractivity contribution in [2.24, 2.45) is 0 Å². The van der Waals surface area contributed by atoms with Crippen LogP contribution in [0.3, 0.4) is 0 Å². The van der Waals surface area contributed by atoms with E-state index in [0.29, 0.717) is 71.9 Å². The van der Waals surface area contributed by atoms with Gasteiger partial charge in [-0.05, 0) is 19.3 Å². The van der Waals surface area contributed by atoms with E-state index < -0.39 is 27.9 Å². The highest BCUT2D eigenvalue weighted by molar-refractivity contribution is 7.47. The SMILES string of the molecule is BC1CC(O)C(COP(=O)(O)OCCOCCOCCOCCOCCOCCOP(=O)(O)OCCCCC#C)O1. The quantitative estimate of drug-likeness (QED) is 0.0460. The highest BCUT2D eigenvalue weighted by Gasteiger charge is 2.34. The summed E-state index contributed by atoms with van der Waals surface area (Å²) in [6.45, 7) is 2.52. The number of phosphoric acid groups is 2. The number of aliphatic hydroxyl groups is 1. The number of hydrogen-bond acceptors (Lipinski definition) is 13. The van der Waals surface area contributed by atoms with Gasteiger partial charge in [-0.25, -0.2) is 9.13 Å².